The lowest BCUT2D eigenvalue weighted by atomic mass is 9.77. The Labute approximate surface area is 197 Å². The summed E-state index contributed by atoms with van der Waals surface area (Å²) < 4.78 is 12.2. The Bertz CT molecular complexity index is 1090. The minimum Gasteiger partial charge on any atom is -0.494 e. The molecule has 1 aromatic carbocycles. The summed E-state index contributed by atoms with van der Waals surface area (Å²) in [4.78, 5) is 28.9. The molecule has 3 atom stereocenters. The Balaban J connectivity index is 1.54. The van der Waals surface area contributed by atoms with Gasteiger partial charge in [-0.3, -0.25) is 14.5 Å². The van der Waals surface area contributed by atoms with E-state index in [1.165, 1.54) is 11.3 Å². The van der Waals surface area contributed by atoms with Crippen LogP contribution in [0.3, 0.4) is 0 Å². The van der Waals surface area contributed by atoms with E-state index in [1.54, 1.807) is 4.90 Å². The number of benzene rings is 1. The fourth-order valence-electron chi connectivity index (χ4n) is 5.06. The van der Waals surface area contributed by atoms with Crippen LogP contribution in [0.15, 0.2) is 35.6 Å². The van der Waals surface area contributed by atoms with E-state index < -0.39 is 6.04 Å². The fraction of sp³-hybridized carbons (Fsp3) is 0.520. The molecule has 0 N–H and O–H groups in total. The number of ketones is 1. The van der Waals surface area contributed by atoms with Gasteiger partial charge >= 0.3 is 0 Å². The number of carbonyl (C=O) groups is 2. The van der Waals surface area contributed by atoms with Gasteiger partial charge in [-0.15, -0.1) is 10.2 Å². The molecule has 2 aliphatic heterocycles. The van der Waals surface area contributed by atoms with Gasteiger partial charge in [0.2, 0.25) is 5.13 Å². The van der Waals surface area contributed by atoms with Crippen molar-refractivity contribution in [3.05, 3.63) is 46.2 Å². The summed E-state index contributed by atoms with van der Waals surface area (Å²) in [7, 11) is 0. The van der Waals surface area contributed by atoms with Crippen molar-refractivity contribution in [3.63, 3.8) is 0 Å². The van der Waals surface area contributed by atoms with Crippen LogP contribution in [0.4, 0.5) is 5.13 Å². The topological polar surface area (TPSA) is 81.6 Å². The second-order valence-electron chi connectivity index (χ2n) is 8.96. The van der Waals surface area contributed by atoms with Crippen LogP contribution >= 0.6 is 11.3 Å². The Morgan fingerprint density at radius 3 is 2.82 bits per heavy atom. The number of Topliss-reactive ketones (excluding diaryl/α,β-unsaturated/α-hetero) is 1. The monoisotopic (exact) mass is 467 g/mol. The average Bonchev–Trinajstić information content (AvgIpc) is 3.38. The van der Waals surface area contributed by atoms with Crippen LogP contribution in [-0.2, 0) is 14.3 Å². The molecule has 174 valence electrons. The van der Waals surface area contributed by atoms with E-state index in [2.05, 4.69) is 17.1 Å². The van der Waals surface area contributed by atoms with Gasteiger partial charge in [0.25, 0.3) is 5.91 Å². The normalized spacial score (nSPS) is 24.5. The number of nitrogens with zero attached hydrogens (tertiary/aromatic N) is 3. The number of anilines is 1. The minimum absolute atomic E-state index is 0.0392. The lowest BCUT2D eigenvalue weighted by molar-refractivity contribution is -0.131. The van der Waals surface area contributed by atoms with Gasteiger partial charge < -0.3 is 9.47 Å². The number of fused-ring (bicyclic) bond motifs is 1. The van der Waals surface area contributed by atoms with Gasteiger partial charge in [-0.2, -0.15) is 0 Å². The molecule has 0 saturated heterocycles. The maximum Gasteiger partial charge on any atom is 0.296 e. The molecule has 0 radical (unpaired) electrons. The molecule has 5 rings (SSSR count). The Kier molecular flexibility index (Phi) is 6.19. The first-order chi connectivity index (χ1) is 16.1. The molecular formula is C25H29N3O4S. The van der Waals surface area contributed by atoms with Crippen LogP contribution in [-0.4, -0.2) is 34.6 Å². The van der Waals surface area contributed by atoms with E-state index in [4.69, 9.17) is 9.47 Å². The molecule has 3 heterocycles. The molecular weight excluding hydrogens is 438 g/mol. The molecule has 0 spiro atoms. The van der Waals surface area contributed by atoms with Crippen LogP contribution < -0.4 is 9.64 Å². The smallest absolute Gasteiger partial charge is 0.296 e. The van der Waals surface area contributed by atoms with E-state index in [-0.39, 0.29) is 29.5 Å². The highest BCUT2D eigenvalue weighted by molar-refractivity contribution is 7.15. The van der Waals surface area contributed by atoms with Crippen molar-refractivity contribution >= 4 is 28.2 Å². The second kappa shape index (κ2) is 9.25. The van der Waals surface area contributed by atoms with Crippen LogP contribution in [0.25, 0.3) is 0 Å². The number of ether oxygens (including phenoxy) is 2. The van der Waals surface area contributed by atoms with E-state index in [0.29, 0.717) is 17.3 Å². The lowest BCUT2D eigenvalue weighted by Gasteiger charge is -2.35. The van der Waals surface area contributed by atoms with E-state index in [1.807, 2.05) is 31.2 Å². The Morgan fingerprint density at radius 1 is 1.18 bits per heavy atom. The SMILES string of the molecule is CCCCCOc1cccc(C2C3=C(OC4CCCCC4C3=O)C(=O)N2c2nnc(C)s2)c1. The zero-order chi connectivity index (χ0) is 22.9. The molecule has 1 aromatic heterocycles. The highest BCUT2D eigenvalue weighted by atomic mass is 32.1. The van der Waals surface area contributed by atoms with Gasteiger partial charge in [0, 0.05) is 0 Å². The molecule has 33 heavy (non-hydrogen) atoms. The molecule has 2 aromatic rings. The van der Waals surface area contributed by atoms with Gasteiger partial charge in [-0.1, -0.05) is 49.7 Å². The van der Waals surface area contributed by atoms with E-state index in [0.717, 1.165) is 61.3 Å². The first kappa shape index (κ1) is 22.1. The van der Waals surface area contributed by atoms with Gasteiger partial charge in [-0.05, 0) is 50.3 Å². The zero-order valence-corrected chi connectivity index (χ0v) is 19.9. The number of aryl methyl sites for hydroxylation is 1. The number of rotatable bonds is 7. The standard InChI is InChI=1S/C25H29N3O4S/c1-3-4-7-13-31-17-10-8-9-16(14-17)21-20-22(29)18-11-5-6-12-19(18)32-23(20)24(30)28(21)25-27-26-15(2)33-25/h8-10,14,18-19,21H,3-7,11-13H2,1-2H3. The van der Waals surface area contributed by atoms with Crippen molar-refractivity contribution in [2.75, 3.05) is 11.5 Å². The number of amides is 1. The number of unbranched alkanes of at least 4 members (excludes halogenated alkanes) is 2. The first-order valence-corrected chi connectivity index (χ1v) is 12.7. The van der Waals surface area contributed by atoms with Gasteiger partial charge in [-0.25, -0.2) is 0 Å². The largest absolute Gasteiger partial charge is 0.494 e. The van der Waals surface area contributed by atoms with Crippen molar-refractivity contribution < 1.29 is 19.1 Å². The lowest BCUT2D eigenvalue weighted by Crippen LogP contribution is -2.39. The van der Waals surface area contributed by atoms with Gasteiger partial charge in [0.1, 0.15) is 16.9 Å². The van der Waals surface area contributed by atoms with Crippen molar-refractivity contribution in [2.24, 2.45) is 5.92 Å². The minimum atomic E-state index is -0.589. The summed E-state index contributed by atoms with van der Waals surface area (Å²) >= 11 is 1.34. The van der Waals surface area contributed by atoms with Gasteiger partial charge in [0.05, 0.1) is 24.1 Å². The van der Waals surface area contributed by atoms with E-state index in [9.17, 15) is 9.59 Å². The molecule has 3 unspecified atom stereocenters. The molecule has 1 amide bonds. The third-order valence-electron chi connectivity index (χ3n) is 6.68. The number of hydrogen-bond acceptors (Lipinski definition) is 7. The molecule has 1 fully saturated rings. The summed E-state index contributed by atoms with van der Waals surface area (Å²) in [5.41, 5.74) is 1.28. The zero-order valence-electron chi connectivity index (χ0n) is 19.1. The first-order valence-electron chi connectivity index (χ1n) is 11.9. The van der Waals surface area contributed by atoms with Crippen LogP contribution in [0.5, 0.6) is 5.75 Å². The fourth-order valence-corrected chi connectivity index (χ4v) is 5.77. The third kappa shape index (κ3) is 4.05. The third-order valence-corrected chi connectivity index (χ3v) is 7.51. The van der Waals surface area contributed by atoms with Gasteiger partial charge in [0.15, 0.2) is 11.5 Å². The Morgan fingerprint density at radius 2 is 2.03 bits per heavy atom. The van der Waals surface area contributed by atoms with Crippen molar-refractivity contribution in [3.8, 4) is 5.75 Å². The summed E-state index contributed by atoms with van der Waals surface area (Å²) in [6, 6.07) is 7.11. The highest BCUT2D eigenvalue weighted by Gasteiger charge is 2.53. The maximum absolute atomic E-state index is 13.7. The molecule has 1 aliphatic carbocycles. The number of aromatic nitrogens is 2. The predicted octanol–water partition coefficient (Wildman–Crippen LogP) is 4.92. The maximum atomic E-state index is 13.7. The molecule has 3 aliphatic rings. The van der Waals surface area contributed by atoms with Crippen LogP contribution in [0.2, 0.25) is 0 Å². The summed E-state index contributed by atoms with van der Waals surface area (Å²) in [6.45, 7) is 4.65. The van der Waals surface area contributed by atoms with Crippen molar-refractivity contribution in [2.45, 2.75) is 70.9 Å². The summed E-state index contributed by atoms with van der Waals surface area (Å²) in [5.74, 6) is 0.473. The molecule has 1 saturated carbocycles. The number of hydrogen-bond donors (Lipinski definition) is 0. The van der Waals surface area contributed by atoms with Crippen LogP contribution in [0.1, 0.15) is 68.5 Å². The summed E-state index contributed by atoms with van der Waals surface area (Å²) in [5, 5.41) is 9.59. The summed E-state index contributed by atoms with van der Waals surface area (Å²) in [6.07, 6.45) is 6.67. The van der Waals surface area contributed by atoms with E-state index >= 15 is 0 Å². The predicted molar refractivity (Wildman–Crippen MR) is 125 cm³/mol. The molecule has 7 nitrogen and oxygen atoms in total. The number of carbonyl (C=O) groups excluding carboxylic acids is 2. The average molecular weight is 468 g/mol. The quantitative estimate of drug-likeness (QED) is 0.538. The van der Waals surface area contributed by atoms with Crippen molar-refractivity contribution in [1.29, 1.82) is 0 Å². The second-order valence-corrected chi connectivity index (χ2v) is 10.1. The highest BCUT2D eigenvalue weighted by Crippen LogP contribution is 2.49. The molecule has 0 bridgehead atoms. The molecule has 8 heteroatoms. The van der Waals surface area contributed by atoms with Crippen molar-refractivity contribution in [1.82, 2.24) is 10.2 Å². The Hall–Kier alpha value is -2.74. The van der Waals surface area contributed by atoms with Crippen LogP contribution in [0, 0.1) is 12.8 Å².